The molecule has 1 aliphatic rings. The van der Waals surface area contributed by atoms with E-state index < -0.39 is 0 Å². The Hall–Kier alpha value is -2.11. The van der Waals surface area contributed by atoms with Gasteiger partial charge < -0.3 is 10.6 Å². The first kappa shape index (κ1) is 13.9. The Kier molecular flexibility index (Phi) is 4.03. The zero-order chi connectivity index (χ0) is 14.7. The lowest BCUT2D eigenvalue weighted by atomic mass is 10.3. The zero-order valence-electron chi connectivity index (χ0n) is 12.6. The first-order valence-electron chi connectivity index (χ1n) is 7.61. The largest absolute Gasteiger partial charge is 0.370 e. The second-order valence-corrected chi connectivity index (χ2v) is 5.57. The lowest BCUT2D eigenvalue weighted by Crippen LogP contribution is -2.23. The van der Waals surface area contributed by atoms with Gasteiger partial charge in [0.05, 0.1) is 6.54 Å². The van der Waals surface area contributed by atoms with Crippen LogP contribution in [-0.2, 0) is 6.54 Å². The fraction of sp³-hybridized carbons (Fsp3) is 0.533. The molecule has 1 unspecified atom stereocenters. The van der Waals surface area contributed by atoms with Crippen molar-refractivity contribution >= 4 is 11.6 Å². The summed E-state index contributed by atoms with van der Waals surface area (Å²) in [6.45, 7) is 5.88. The van der Waals surface area contributed by atoms with Gasteiger partial charge in [-0.05, 0) is 32.8 Å². The number of hydrogen-bond acceptors (Lipinski definition) is 5. The van der Waals surface area contributed by atoms with Crippen LogP contribution in [-0.4, -0.2) is 32.3 Å². The van der Waals surface area contributed by atoms with E-state index in [2.05, 4.69) is 39.5 Å². The second-order valence-electron chi connectivity index (χ2n) is 5.57. The predicted molar refractivity (Wildman–Crippen MR) is 83.5 cm³/mol. The Morgan fingerprint density at radius 3 is 2.81 bits per heavy atom. The van der Waals surface area contributed by atoms with Crippen LogP contribution in [0.25, 0.3) is 0 Å². The highest BCUT2D eigenvalue weighted by atomic mass is 15.3. The molecule has 0 aliphatic heterocycles. The Morgan fingerprint density at radius 1 is 1.33 bits per heavy atom. The van der Waals surface area contributed by atoms with Crippen molar-refractivity contribution < 1.29 is 0 Å². The van der Waals surface area contributed by atoms with E-state index in [1.54, 1.807) is 6.20 Å². The van der Waals surface area contributed by atoms with E-state index in [0.717, 1.165) is 30.5 Å². The molecule has 1 fully saturated rings. The summed E-state index contributed by atoms with van der Waals surface area (Å²) in [6.07, 6.45) is 6.18. The van der Waals surface area contributed by atoms with Crippen LogP contribution in [0.4, 0.5) is 11.6 Å². The van der Waals surface area contributed by atoms with Gasteiger partial charge in [0.1, 0.15) is 17.5 Å². The molecule has 0 bridgehead atoms. The minimum absolute atomic E-state index is 0.251. The van der Waals surface area contributed by atoms with Gasteiger partial charge in [-0.25, -0.2) is 9.97 Å². The van der Waals surface area contributed by atoms with E-state index in [1.165, 1.54) is 12.8 Å². The number of hydrogen-bond donors (Lipinski definition) is 2. The van der Waals surface area contributed by atoms with Crippen molar-refractivity contribution in [2.24, 2.45) is 0 Å². The van der Waals surface area contributed by atoms with Crippen molar-refractivity contribution in [1.82, 2.24) is 19.7 Å². The van der Waals surface area contributed by atoms with Gasteiger partial charge in [-0.2, -0.15) is 5.10 Å². The van der Waals surface area contributed by atoms with E-state index in [4.69, 9.17) is 0 Å². The molecule has 1 atom stereocenters. The summed E-state index contributed by atoms with van der Waals surface area (Å²) in [6, 6.07) is 4.17. The number of rotatable bonds is 7. The molecule has 1 aliphatic carbocycles. The highest BCUT2D eigenvalue weighted by Gasteiger charge is 2.27. The van der Waals surface area contributed by atoms with E-state index in [9.17, 15) is 0 Å². The molecule has 6 nitrogen and oxygen atoms in total. The molecule has 0 spiro atoms. The third-order valence-electron chi connectivity index (χ3n) is 3.46. The van der Waals surface area contributed by atoms with Crippen LogP contribution < -0.4 is 10.6 Å². The van der Waals surface area contributed by atoms with Crippen LogP contribution in [0, 0.1) is 0 Å². The Bertz CT molecular complexity index is 576. The third-order valence-corrected chi connectivity index (χ3v) is 3.46. The van der Waals surface area contributed by atoms with E-state index in [1.807, 2.05) is 23.0 Å². The quantitative estimate of drug-likeness (QED) is 0.818. The SMILES string of the molecule is CCNc1cc(NC(C)Cn2cccn2)nc(C2CC2)n1. The number of aromatic nitrogens is 4. The maximum Gasteiger partial charge on any atom is 0.136 e. The molecule has 2 aromatic rings. The minimum Gasteiger partial charge on any atom is -0.370 e. The topological polar surface area (TPSA) is 67.7 Å². The Morgan fingerprint density at radius 2 is 2.14 bits per heavy atom. The molecule has 0 radical (unpaired) electrons. The zero-order valence-corrected chi connectivity index (χ0v) is 12.6. The molecular weight excluding hydrogens is 264 g/mol. The molecule has 2 N–H and O–H groups in total. The van der Waals surface area contributed by atoms with Gasteiger partial charge in [0, 0.05) is 37.0 Å². The molecule has 0 amide bonds. The van der Waals surface area contributed by atoms with Gasteiger partial charge in [-0.1, -0.05) is 0 Å². The van der Waals surface area contributed by atoms with Crippen LogP contribution in [0.5, 0.6) is 0 Å². The summed E-state index contributed by atoms with van der Waals surface area (Å²) in [5, 5.41) is 11.0. The van der Waals surface area contributed by atoms with Gasteiger partial charge in [-0.3, -0.25) is 4.68 Å². The Balaban J connectivity index is 1.70. The van der Waals surface area contributed by atoms with E-state index in [-0.39, 0.29) is 6.04 Å². The fourth-order valence-corrected chi connectivity index (χ4v) is 2.32. The molecule has 2 aromatic heterocycles. The number of anilines is 2. The van der Waals surface area contributed by atoms with E-state index >= 15 is 0 Å². The smallest absolute Gasteiger partial charge is 0.136 e. The summed E-state index contributed by atoms with van der Waals surface area (Å²) in [7, 11) is 0. The molecule has 0 aromatic carbocycles. The lowest BCUT2D eigenvalue weighted by molar-refractivity contribution is 0.559. The molecule has 112 valence electrons. The molecule has 0 saturated heterocycles. The fourth-order valence-electron chi connectivity index (χ4n) is 2.32. The van der Waals surface area contributed by atoms with Crippen LogP contribution in [0.15, 0.2) is 24.5 Å². The van der Waals surface area contributed by atoms with Crippen molar-refractivity contribution in [2.45, 2.75) is 45.2 Å². The van der Waals surface area contributed by atoms with Crippen molar-refractivity contribution in [3.8, 4) is 0 Å². The average Bonchev–Trinajstić information content (AvgIpc) is 3.18. The summed E-state index contributed by atoms with van der Waals surface area (Å²) in [4.78, 5) is 9.24. The molecule has 21 heavy (non-hydrogen) atoms. The maximum atomic E-state index is 4.66. The first-order chi connectivity index (χ1) is 10.2. The second kappa shape index (κ2) is 6.11. The summed E-state index contributed by atoms with van der Waals surface area (Å²) in [5.74, 6) is 3.30. The average molecular weight is 286 g/mol. The maximum absolute atomic E-state index is 4.66. The van der Waals surface area contributed by atoms with Gasteiger partial charge in [0.25, 0.3) is 0 Å². The van der Waals surface area contributed by atoms with Crippen LogP contribution in [0.3, 0.4) is 0 Å². The first-order valence-corrected chi connectivity index (χ1v) is 7.61. The normalized spacial score (nSPS) is 15.7. The predicted octanol–water partition coefficient (Wildman–Crippen LogP) is 2.48. The van der Waals surface area contributed by atoms with Gasteiger partial charge in [0.15, 0.2) is 0 Å². The van der Waals surface area contributed by atoms with Crippen LogP contribution in [0.2, 0.25) is 0 Å². The lowest BCUT2D eigenvalue weighted by Gasteiger charge is -2.16. The van der Waals surface area contributed by atoms with Crippen LogP contribution in [0.1, 0.15) is 38.4 Å². The van der Waals surface area contributed by atoms with Crippen LogP contribution >= 0.6 is 0 Å². The van der Waals surface area contributed by atoms with Crippen molar-refractivity contribution in [3.63, 3.8) is 0 Å². The Labute approximate surface area is 125 Å². The molecule has 2 heterocycles. The van der Waals surface area contributed by atoms with Crippen molar-refractivity contribution in [1.29, 1.82) is 0 Å². The minimum atomic E-state index is 0.251. The summed E-state index contributed by atoms with van der Waals surface area (Å²) < 4.78 is 1.92. The van der Waals surface area contributed by atoms with Gasteiger partial charge >= 0.3 is 0 Å². The number of nitrogens with zero attached hydrogens (tertiary/aromatic N) is 4. The monoisotopic (exact) mass is 286 g/mol. The van der Waals surface area contributed by atoms with Gasteiger partial charge in [-0.15, -0.1) is 0 Å². The summed E-state index contributed by atoms with van der Waals surface area (Å²) >= 11 is 0. The standard InChI is InChI=1S/C15H22N6/c1-3-16-13-9-14(20-15(19-13)12-5-6-12)18-11(2)10-21-8-4-7-17-21/h4,7-9,11-12H,3,5-6,10H2,1-2H3,(H2,16,18,19,20). The molecule has 3 rings (SSSR count). The summed E-state index contributed by atoms with van der Waals surface area (Å²) in [5.41, 5.74) is 0. The molecular formula is C15H22N6. The number of nitrogens with one attached hydrogen (secondary N) is 2. The highest BCUT2D eigenvalue weighted by molar-refractivity contribution is 5.48. The van der Waals surface area contributed by atoms with E-state index in [0.29, 0.717) is 5.92 Å². The van der Waals surface area contributed by atoms with Gasteiger partial charge in [0.2, 0.25) is 0 Å². The molecule has 6 heteroatoms. The van der Waals surface area contributed by atoms with Crippen molar-refractivity contribution in [3.05, 3.63) is 30.4 Å². The van der Waals surface area contributed by atoms with Crippen molar-refractivity contribution in [2.75, 3.05) is 17.2 Å². The highest BCUT2D eigenvalue weighted by Crippen LogP contribution is 2.38. The molecule has 1 saturated carbocycles. The third kappa shape index (κ3) is 3.71.